The number of benzene rings is 2. The molecule has 1 aliphatic carbocycles. The summed E-state index contributed by atoms with van der Waals surface area (Å²) in [5, 5.41) is 10.6. The van der Waals surface area contributed by atoms with Gasteiger partial charge in [-0.25, -0.2) is 4.79 Å². The number of alkyl halides is 3. The highest BCUT2D eigenvalue weighted by atomic mass is 32.2. The first-order chi connectivity index (χ1) is 16.3. The molecule has 34 heavy (non-hydrogen) atoms. The molecular weight excluding hydrogens is 471 g/mol. The van der Waals surface area contributed by atoms with Crippen LogP contribution in [0.25, 0.3) is 5.76 Å². The summed E-state index contributed by atoms with van der Waals surface area (Å²) in [7, 11) is 0. The zero-order valence-corrected chi connectivity index (χ0v) is 18.8. The largest absolute Gasteiger partial charge is 0.490 e. The molecule has 2 aromatic rings. The molecule has 1 atom stereocenters. The highest BCUT2D eigenvalue weighted by Crippen LogP contribution is 2.38. The third-order valence-electron chi connectivity index (χ3n) is 5.47. The summed E-state index contributed by atoms with van der Waals surface area (Å²) in [6.45, 7) is 0.488. The fourth-order valence-corrected chi connectivity index (χ4v) is 4.89. The summed E-state index contributed by atoms with van der Waals surface area (Å²) < 4.78 is 50.1. The van der Waals surface area contributed by atoms with E-state index in [1.165, 1.54) is 28.8 Å². The standard InChI is InChI=1S/C24H22F3NO5S/c25-24(26,27)15-6-5-7-16(14-15)33-23(31)28-10-3-4-13-34-22-20(30)19(29)17-8-1-2-9-18(17)21(22)32-12-11-28/h1-2,5-9,14,20,30H,3-4,10-13H2. The predicted molar refractivity (Wildman–Crippen MR) is 120 cm³/mol. The smallest absolute Gasteiger partial charge is 0.416 e. The van der Waals surface area contributed by atoms with Crippen molar-refractivity contribution in [1.82, 2.24) is 4.90 Å². The number of amides is 1. The van der Waals surface area contributed by atoms with Gasteiger partial charge in [0, 0.05) is 17.7 Å². The van der Waals surface area contributed by atoms with Gasteiger partial charge < -0.3 is 19.5 Å². The molecule has 6 nitrogen and oxygen atoms in total. The number of hydrogen-bond acceptors (Lipinski definition) is 6. The second-order valence-electron chi connectivity index (χ2n) is 7.79. The van der Waals surface area contributed by atoms with Gasteiger partial charge in [0.15, 0.2) is 11.9 Å². The maximum Gasteiger partial charge on any atom is 0.416 e. The zero-order valence-electron chi connectivity index (χ0n) is 18.0. The summed E-state index contributed by atoms with van der Waals surface area (Å²) in [6.07, 6.45) is -5.34. The van der Waals surface area contributed by atoms with Gasteiger partial charge >= 0.3 is 12.3 Å². The molecule has 0 bridgehead atoms. The van der Waals surface area contributed by atoms with Crippen molar-refractivity contribution >= 4 is 29.4 Å². The fraction of sp³-hybridized carbons (Fsp3) is 0.333. The lowest BCUT2D eigenvalue weighted by Gasteiger charge is -2.26. The Morgan fingerprint density at radius 1 is 1.09 bits per heavy atom. The Morgan fingerprint density at radius 2 is 1.85 bits per heavy atom. The molecule has 2 aromatic carbocycles. The van der Waals surface area contributed by atoms with E-state index in [-0.39, 0.29) is 24.7 Å². The van der Waals surface area contributed by atoms with E-state index >= 15 is 0 Å². The predicted octanol–water partition coefficient (Wildman–Crippen LogP) is 4.98. The molecule has 1 amide bonds. The van der Waals surface area contributed by atoms with Gasteiger partial charge in [-0.3, -0.25) is 4.79 Å². The normalized spacial score (nSPS) is 19.5. The minimum atomic E-state index is -4.55. The fourth-order valence-electron chi connectivity index (χ4n) is 3.75. The van der Waals surface area contributed by atoms with E-state index in [0.29, 0.717) is 46.9 Å². The van der Waals surface area contributed by atoms with Crippen molar-refractivity contribution < 1.29 is 37.3 Å². The van der Waals surface area contributed by atoms with Gasteiger partial charge in [-0.05, 0) is 36.8 Å². The van der Waals surface area contributed by atoms with Gasteiger partial charge in [-0.15, -0.1) is 11.8 Å². The second kappa shape index (κ2) is 10.1. The summed E-state index contributed by atoms with van der Waals surface area (Å²) in [5.74, 6) is 0.413. The number of ether oxygens (including phenoxy) is 2. The van der Waals surface area contributed by atoms with Crippen LogP contribution >= 0.6 is 11.8 Å². The lowest BCUT2D eigenvalue weighted by molar-refractivity contribution is -0.137. The van der Waals surface area contributed by atoms with Crippen molar-refractivity contribution in [3.8, 4) is 5.75 Å². The highest BCUT2D eigenvalue weighted by molar-refractivity contribution is 8.03. The summed E-state index contributed by atoms with van der Waals surface area (Å²) >= 11 is 1.35. The number of rotatable bonds is 1. The van der Waals surface area contributed by atoms with Gasteiger partial charge in [0.2, 0.25) is 0 Å². The van der Waals surface area contributed by atoms with Gasteiger partial charge in [-0.2, -0.15) is 13.2 Å². The number of aliphatic hydroxyl groups is 1. The van der Waals surface area contributed by atoms with Crippen molar-refractivity contribution in [2.24, 2.45) is 0 Å². The van der Waals surface area contributed by atoms with Crippen LogP contribution in [0.4, 0.5) is 18.0 Å². The van der Waals surface area contributed by atoms with E-state index in [2.05, 4.69) is 0 Å². The SMILES string of the molecule is O=C1c2ccccc2C2=C(SCCCCN(C(=O)Oc3cccc(C(F)(F)F)c3)CCO2)C1O. The number of aliphatic hydroxyl groups excluding tert-OH is 1. The van der Waals surface area contributed by atoms with E-state index in [4.69, 9.17) is 9.47 Å². The quantitative estimate of drug-likeness (QED) is 0.604. The first-order valence-corrected chi connectivity index (χ1v) is 11.7. The lowest BCUT2D eigenvalue weighted by Crippen LogP contribution is -2.37. The Balaban J connectivity index is 1.51. The van der Waals surface area contributed by atoms with E-state index in [1.54, 1.807) is 24.3 Å². The van der Waals surface area contributed by atoms with Gasteiger partial charge in [0.05, 0.1) is 17.0 Å². The summed E-state index contributed by atoms with van der Waals surface area (Å²) in [6, 6.07) is 11.0. The Hall–Kier alpha value is -2.98. The van der Waals surface area contributed by atoms with E-state index in [9.17, 15) is 27.9 Å². The number of carbonyl (C=O) groups is 2. The Morgan fingerprint density at radius 3 is 2.62 bits per heavy atom. The van der Waals surface area contributed by atoms with Crippen molar-refractivity contribution in [2.75, 3.05) is 25.4 Å². The monoisotopic (exact) mass is 493 g/mol. The molecule has 180 valence electrons. The molecule has 0 saturated carbocycles. The number of thioether (sulfide) groups is 1. The van der Waals surface area contributed by atoms with E-state index < -0.39 is 23.9 Å². The van der Waals surface area contributed by atoms with Crippen LogP contribution in [0.2, 0.25) is 0 Å². The van der Waals surface area contributed by atoms with Crippen LogP contribution in [0.5, 0.6) is 5.75 Å². The molecule has 1 heterocycles. The van der Waals surface area contributed by atoms with Crippen LogP contribution in [-0.2, 0) is 10.9 Å². The Labute approximate surface area is 198 Å². The molecule has 4 rings (SSSR count). The molecule has 0 spiro atoms. The number of Topliss-reactive ketones (excluding diaryl/α,β-unsaturated/α-hetero) is 1. The maximum absolute atomic E-state index is 13.0. The number of ketones is 1. The second-order valence-corrected chi connectivity index (χ2v) is 8.93. The Bertz CT molecular complexity index is 1120. The molecular formula is C24H22F3NO5S. The molecule has 1 unspecified atom stereocenters. The topological polar surface area (TPSA) is 76.1 Å². The molecule has 1 aliphatic heterocycles. The van der Waals surface area contributed by atoms with Crippen molar-refractivity contribution in [2.45, 2.75) is 25.1 Å². The van der Waals surface area contributed by atoms with Crippen molar-refractivity contribution in [1.29, 1.82) is 0 Å². The number of halogens is 3. The average Bonchev–Trinajstić information content (AvgIpc) is 2.86. The Kier molecular flexibility index (Phi) is 7.18. The van der Waals surface area contributed by atoms with Crippen molar-refractivity contribution in [3.63, 3.8) is 0 Å². The number of hydrogen-bond donors (Lipinski definition) is 1. The number of carbonyl (C=O) groups excluding carboxylic acids is 2. The molecule has 0 aromatic heterocycles. The van der Waals surface area contributed by atoms with Crippen LogP contribution in [0.1, 0.15) is 34.3 Å². The molecule has 1 N–H and O–H groups in total. The lowest BCUT2D eigenvalue weighted by atomic mass is 9.93. The minimum Gasteiger partial charge on any atom is -0.490 e. The van der Waals surface area contributed by atoms with Crippen molar-refractivity contribution in [3.05, 3.63) is 70.1 Å². The first-order valence-electron chi connectivity index (χ1n) is 10.7. The van der Waals surface area contributed by atoms with Crippen LogP contribution in [-0.4, -0.2) is 53.4 Å². The van der Waals surface area contributed by atoms with Crippen LogP contribution in [0.3, 0.4) is 0 Å². The molecule has 10 heteroatoms. The molecule has 0 fully saturated rings. The summed E-state index contributed by atoms with van der Waals surface area (Å²) in [5.41, 5.74) is 0.0433. The number of fused-ring (bicyclic) bond motifs is 2. The molecule has 0 radical (unpaired) electrons. The van der Waals surface area contributed by atoms with Crippen LogP contribution < -0.4 is 4.74 Å². The van der Waals surface area contributed by atoms with Gasteiger partial charge in [0.1, 0.15) is 18.1 Å². The third kappa shape index (κ3) is 5.23. The maximum atomic E-state index is 13.0. The minimum absolute atomic E-state index is 0.0479. The average molecular weight is 494 g/mol. The highest BCUT2D eigenvalue weighted by Gasteiger charge is 2.35. The van der Waals surface area contributed by atoms with E-state index in [0.717, 1.165) is 12.1 Å². The van der Waals surface area contributed by atoms with Crippen LogP contribution in [0.15, 0.2) is 53.4 Å². The molecule has 0 saturated heterocycles. The first kappa shape index (κ1) is 24.2. The molecule has 2 aliphatic rings. The van der Waals surface area contributed by atoms with Crippen LogP contribution in [0, 0.1) is 0 Å². The third-order valence-corrected chi connectivity index (χ3v) is 6.68. The van der Waals surface area contributed by atoms with Gasteiger partial charge in [0.25, 0.3) is 0 Å². The number of nitrogens with zero attached hydrogens (tertiary/aromatic N) is 1. The zero-order chi connectivity index (χ0) is 24.3. The van der Waals surface area contributed by atoms with E-state index in [1.807, 2.05) is 0 Å². The summed E-state index contributed by atoms with van der Waals surface area (Å²) in [4.78, 5) is 27.1. The van der Waals surface area contributed by atoms with Gasteiger partial charge in [-0.1, -0.05) is 30.3 Å².